The van der Waals surface area contributed by atoms with E-state index in [-0.39, 0.29) is 6.01 Å². The Morgan fingerprint density at radius 3 is 2.67 bits per heavy atom. The highest BCUT2D eigenvalue weighted by Gasteiger charge is 2.07. The van der Waals surface area contributed by atoms with Gasteiger partial charge in [0.05, 0.1) is 0 Å². The maximum absolute atomic E-state index is 8.97. The second-order valence-corrected chi connectivity index (χ2v) is 2.95. The summed E-state index contributed by atoms with van der Waals surface area (Å²) in [6, 6.07) is -0.340. The van der Waals surface area contributed by atoms with Crippen LogP contribution in [0.3, 0.4) is 0 Å². The molecule has 2 aromatic heterocycles. The van der Waals surface area contributed by atoms with Gasteiger partial charge in [0.1, 0.15) is 10.5 Å². The second-order valence-electron chi connectivity index (χ2n) is 2.11. The van der Waals surface area contributed by atoms with E-state index >= 15 is 0 Å². The van der Waals surface area contributed by atoms with E-state index in [1.807, 2.05) is 0 Å². The molecule has 0 saturated carbocycles. The first-order chi connectivity index (χ1) is 5.66. The first-order valence-electron chi connectivity index (χ1n) is 3.01. The van der Waals surface area contributed by atoms with E-state index in [2.05, 4.69) is 45.2 Å². The minimum Gasteiger partial charge on any atom is -0.479 e. The van der Waals surface area contributed by atoms with Crippen molar-refractivity contribution in [2.75, 3.05) is 0 Å². The van der Waals surface area contributed by atoms with E-state index in [0.717, 1.165) is 0 Å². The zero-order valence-corrected chi connectivity index (χ0v) is 7.47. The third-order valence-corrected chi connectivity index (χ3v) is 1.84. The molecule has 0 radical (unpaired) electrons. The lowest BCUT2D eigenvalue weighted by Gasteiger charge is -1.92. The number of hydrogen-bond donors (Lipinski definition) is 4. The SMILES string of the molecule is Oc1nc(S)c2[nH]c(S)nc2n1. The number of rotatable bonds is 0. The zero-order chi connectivity index (χ0) is 8.72. The first kappa shape index (κ1) is 7.69. The van der Waals surface area contributed by atoms with Crippen LogP contribution in [-0.2, 0) is 0 Å². The van der Waals surface area contributed by atoms with Crippen LogP contribution in [0.1, 0.15) is 0 Å². The second kappa shape index (κ2) is 2.53. The average Bonchev–Trinajstić information content (AvgIpc) is 2.29. The van der Waals surface area contributed by atoms with Crippen LogP contribution in [0.4, 0.5) is 0 Å². The number of nitrogens with zero attached hydrogens (tertiary/aromatic N) is 3. The van der Waals surface area contributed by atoms with Gasteiger partial charge in [-0.1, -0.05) is 0 Å². The number of aromatic nitrogens is 4. The van der Waals surface area contributed by atoms with E-state index in [1.165, 1.54) is 0 Å². The molecule has 0 spiro atoms. The van der Waals surface area contributed by atoms with Gasteiger partial charge >= 0.3 is 6.01 Å². The lowest BCUT2D eigenvalue weighted by Crippen LogP contribution is -1.84. The molecule has 2 heterocycles. The summed E-state index contributed by atoms with van der Waals surface area (Å²) >= 11 is 7.99. The molecule has 2 rings (SSSR count). The number of fused-ring (bicyclic) bond motifs is 1. The Kier molecular flexibility index (Phi) is 1.62. The lowest BCUT2D eigenvalue weighted by atomic mass is 10.6. The number of aromatic amines is 1. The van der Waals surface area contributed by atoms with E-state index in [1.54, 1.807) is 0 Å². The smallest absolute Gasteiger partial charge is 0.317 e. The van der Waals surface area contributed by atoms with Crippen molar-refractivity contribution in [3.8, 4) is 6.01 Å². The van der Waals surface area contributed by atoms with Crippen LogP contribution < -0.4 is 0 Å². The van der Waals surface area contributed by atoms with E-state index in [9.17, 15) is 0 Å². The third kappa shape index (κ3) is 1.10. The number of thiol groups is 2. The van der Waals surface area contributed by atoms with Crippen molar-refractivity contribution in [1.29, 1.82) is 0 Å². The van der Waals surface area contributed by atoms with E-state index < -0.39 is 0 Å². The predicted octanol–water partition coefficient (Wildman–Crippen LogP) is 0.636. The first-order valence-corrected chi connectivity index (χ1v) is 3.91. The Bertz CT molecular complexity index is 440. The number of aromatic hydroxyl groups is 1. The van der Waals surface area contributed by atoms with Crippen LogP contribution in [0.5, 0.6) is 6.01 Å². The molecule has 5 nitrogen and oxygen atoms in total. The third-order valence-electron chi connectivity index (χ3n) is 1.31. The summed E-state index contributed by atoms with van der Waals surface area (Å²) in [6.07, 6.45) is 0. The summed E-state index contributed by atoms with van der Waals surface area (Å²) in [6.45, 7) is 0. The summed E-state index contributed by atoms with van der Waals surface area (Å²) in [7, 11) is 0. The van der Waals surface area contributed by atoms with Gasteiger partial charge in [0.25, 0.3) is 0 Å². The molecule has 0 aliphatic carbocycles. The van der Waals surface area contributed by atoms with Crippen molar-refractivity contribution >= 4 is 36.4 Å². The molecule has 12 heavy (non-hydrogen) atoms. The van der Waals surface area contributed by atoms with Crippen LogP contribution in [0.25, 0.3) is 11.2 Å². The Balaban J connectivity index is 2.88. The van der Waals surface area contributed by atoms with Crippen LogP contribution in [0, 0.1) is 0 Å². The topological polar surface area (TPSA) is 74.7 Å². The molecule has 7 heteroatoms. The maximum atomic E-state index is 8.97. The number of H-pyrrole nitrogens is 1. The fraction of sp³-hybridized carbons (Fsp3) is 0. The van der Waals surface area contributed by atoms with Gasteiger partial charge in [-0.15, -0.1) is 25.3 Å². The molecular weight excluding hydrogens is 196 g/mol. The quantitative estimate of drug-likeness (QED) is 0.372. The van der Waals surface area contributed by atoms with Gasteiger partial charge in [0, 0.05) is 0 Å². The molecule has 2 N–H and O–H groups in total. The largest absolute Gasteiger partial charge is 0.479 e. The fourth-order valence-electron chi connectivity index (χ4n) is 0.859. The van der Waals surface area contributed by atoms with Gasteiger partial charge in [0.2, 0.25) is 0 Å². The summed E-state index contributed by atoms with van der Waals surface area (Å²) in [5.41, 5.74) is 0.929. The summed E-state index contributed by atoms with van der Waals surface area (Å²) in [4.78, 5) is 14.0. The zero-order valence-electron chi connectivity index (χ0n) is 5.68. The van der Waals surface area contributed by atoms with Crippen molar-refractivity contribution in [3.05, 3.63) is 0 Å². The standard InChI is InChI=1S/C5H4N4OS2/c10-4-7-2-1(3(11)9-4)6-5(12)8-2/h(H4,6,7,8,9,10,11,12). The van der Waals surface area contributed by atoms with Crippen LogP contribution >= 0.6 is 25.3 Å². The van der Waals surface area contributed by atoms with Gasteiger partial charge in [-0.25, -0.2) is 4.98 Å². The normalized spacial score (nSPS) is 10.8. The van der Waals surface area contributed by atoms with Crippen molar-refractivity contribution in [3.63, 3.8) is 0 Å². The molecule has 0 amide bonds. The van der Waals surface area contributed by atoms with E-state index in [4.69, 9.17) is 5.11 Å². The van der Waals surface area contributed by atoms with Gasteiger partial charge in [0.15, 0.2) is 10.8 Å². The summed E-state index contributed by atoms with van der Waals surface area (Å²) in [5.74, 6) is 0. The monoisotopic (exact) mass is 200 g/mol. The van der Waals surface area contributed by atoms with Crippen LogP contribution in [0.15, 0.2) is 10.2 Å². The highest BCUT2D eigenvalue weighted by molar-refractivity contribution is 7.80. The molecule has 0 aromatic carbocycles. The van der Waals surface area contributed by atoms with Crippen molar-refractivity contribution in [1.82, 2.24) is 19.9 Å². The maximum Gasteiger partial charge on any atom is 0.317 e. The van der Waals surface area contributed by atoms with Crippen molar-refractivity contribution < 1.29 is 5.11 Å². The fourth-order valence-corrected chi connectivity index (χ4v) is 1.31. The van der Waals surface area contributed by atoms with Crippen LogP contribution in [0.2, 0.25) is 0 Å². The molecule has 62 valence electrons. The van der Waals surface area contributed by atoms with Crippen LogP contribution in [-0.4, -0.2) is 25.0 Å². The Morgan fingerprint density at radius 2 is 1.92 bits per heavy atom. The highest BCUT2D eigenvalue weighted by Crippen LogP contribution is 2.19. The molecule has 0 bridgehead atoms. The minimum absolute atomic E-state index is 0.340. The minimum atomic E-state index is -0.340. The number of hydrogen-bond acceptors (Lipinski definition) is 6. The Morgan fingerprint density at radius 1 is 1.17 bits per heavy atom. The van der Waals surface area contributed by atoms with Crippen molar-refractivity contribution in [2.45, 2.75) is 10.2 Å². The molecule has 0 aliphatic rings. The number of nitrogens with one attached hydrogen (secondary N) is 1. The van der Waals surface area contributed by atoms with E-state index in [0.29, 0.717) is 21.3 Å². The van der Waals surface area contributed by atoms with Crippen molar-refractivity contribution in [2.24, 2.45) is 0 Å². The lowest BCUT2D eigenvalue weighted by molar-refractivity contribution is 0.428. The summed E-state index contributed by atoms with van der Waals surface area (Å²) < 4.78 is 0. The van der Waals surface area contributed by atoms with Gasteiger partial charge in [-0.05, 0) is 0 Å². The molecule has 2 aromatic rings. The Labute approximate surface area is 78.1 Å². The molecule has 0 saturated heterocycles. The average molecular weight is 200 g/mol. The van der Waals surface area contributed by atoms with Gasteiger partial charge in [-0.2, -0.15) is 9.97 Å². The van der Waals surface area contributed by atoms with Gasteiger partial charge in [-0.3, -0.25) is 0 Å². The molecule has 0 aliphatic heterocycles. The predicted molar refractivity (Wildman–Crippen MR) is 47.9 cm³/mol. The highest BCUT2D eigenvalue weighted by atomic mass is 32.1. The molecule has 0 unspecified atom stereocenters. The summed E-state index contributed by atoms with van der Waals surface area (Å²) in [5, 5.41) is 9.74. The Hall–Kier alpha value is -0.950. The molecule has 0 fully saturated rings. The number of imidazole rings is 1. The molecule has 0 atom stereocenters. The van der Waals surface area contributed by atoms with Gasteiger partial charge < -0.3 is 10.1 Å². The molecular formula is C5H4N4OS2.